The number of methoxy groups -OCH3 is 1. The van der Waals surface area contributed by atoms with Gasteiger partial charge in [0.05, 0.1) is 25.2 Å². The molecule has 0 aliphatic heterocycles. The van der Waals surface area contributed by atoms with Gasteiger partial charge in [-0.15, -0.1) is 0 Å². The molecular weight excluding hydrogens is 356 g/mol. The number of halogens is 1. The summed E-state index contributed by atoms with van der Waals surface area (Å²) in [6, 6.07) is 14.0. The molecule has 1 heterocycles. The standard InChI is InChI=1S/C18H15ClN4O3/c1-26-15-9-5-6-12(17(15)24)10-20-22-14-11-21-23(18(25)16(14)19)13-7-3-2-4-8-13/h2-11,22,24H,1H3/b20-10+. The van der Waals surface area contributed by atoms with Crippen LogP contribution in [0.2, 0.25) is 5.02 Å². The fraction of sp³-hybridized carbons (Fsp3) is 0.0556. The number of benzene rings is 2. The van der Waals surface area contributed by atoms with E-state index < -0.39 is 5.56 Å². The molecule has 0 aliphatic carbocycles. The number of para-hydroxylation sites is 2. The van der Waals surface area contributed by atoms with Crippen molar-refractivity contribution in [3.63, 3.8) is 0 Å². The van der Waals surface area contributed by atoms with Crippen LogP contribution in [0.25, 0.3) is 5.69 Å². The van der Waals surface area contributed by atoms with Gasteiger partial charge in [-0.25, -0.2) is 0 Å². The molecule has 0 aliphatic rings. The van der Waals surface area contributed by atoms with Gasteiger partial charge in [-0.2, -0.15) is 14.9 Å². The molecule has 2 N–H and O–H groups in total. The Morgan fingerprint density at radius 3 is 2.73 bits per heavy atom. The van der Waals surface area contributed by atoms with Crippen LogP contribution in [0.4, 0.5) is 5.69 Å². The van der Waals surface area contributed by atoms with Crippen LogP contribution >= 0.6 is 11.6 Å². The minimum absolute atomic E-state index is 0.0377. The quantitative estimate of drug-likeness (QED) is 0.532. The first-order chi connectivity index (χ1) is 12.6. The highest BCUT2D eigenvalue weighted by atomic mass is 35.5. The zero-order valence-electron chi connectivity index (χ0n) is 13.8. The van der Waals surface area contributed by atoms with E-state index in [0.29, 0.717) is 17.0 Å². The second kappa shape index (κ2) is 7.71. The van der Waals surface area contributed by atoms with Crippen molar-refractivity contribution in [2.75, 3.05) is 12.5 Å². The van der Waals surface area contributed by atoms with E-state index in [2.05, 4.69) is 15.6 Å². The lowest BCUT2D eigenvalue weighted by Crippen LogP contribution is -2.22. The van der Waals surface area contributed by atoms with Gasteiger partial charge in [-0.05, 0) is 24.3 Å². The van der Waals surface area contributed by atoms with Gasteiger partial charge < -0.3 is 9.84 Å². The number of aromatic hydroxyl groups is 1. The predicted octanol–water partition coefficient (Wildman–Crippen LogP) is 3.05. The molecule has 132 valence electrons. The zero-order chi connectivity index (χ0) is 18.5. The summed E-state index contributed by atoms with van der Waals surface area (Å²) in [5.41, 5.74) is 3.49. The van der Waals surface area contributed by atoms with Crippen molar-refractivity contribution < 1.29 is 9.84 Å². The van der Waals surface area contributed by atoms with Crippen molar-refractivity contribution in [1.82, 2.24) is 9.78 Å². The van der Waals surface area contributed by atoms with Crippen molar-refractivity contribution in [3.8, 4) is 17.2 Å². The summed E-state index contributed by atoms with van der Waals surface area (Å²) in [5.74, 6) is 0.295. The SMILES string of the molecule is COc1cccc(/C=N/Nc2cnn(-c3ccccc3)c(=O)c2Cl)c1O. The number of hydrogen-bond acceptors (Lipinski definition) is 6. The van der Waals surface area contributed by atoms with E-state index in [1.54, 1.807) is 42.5 Å². The van der Waals surface area contributed by atoms with Crippen LogP contribution in [0.3, 0.4) is 0 Å². The van der Waals surface area contributed by atoms with Crippen molar-refractivity contribution in [3.05, 3.63) is 75.7 Å². The number of hydrazone groups is 1. The molecule has 0 unspecified atom stereocenters. The molecule has 0 saturated carbocycles. The molecule has 0 amide bonds. The van der Waals surface area contributed by atoms with Crippen LogP contribution in [-0.2, 0) is 0 Å². The molecule has 7 nitrogen and oxygen atoms in total. The Bertz CT molecular complexity index is 1000. The lowest BCUT2D eigenvalue weighted by Gasteiger charge is -2.08. The largest absolute Gasteiger partial charge is 0.504 e. The van der Waals surface area contributed by atoms with Gasteiger partial charge in [0.15, 0.2) is 11.5 Å². The molecule has 1 aromatic heterocycles. The molecule has 3 aromatic rings. The maximum atomic E-state index is 12.4. The molecule has 0 atom stereocenters. The number of phenolic OH excluding ortho intramolecular Hbond substituents is 1. The summed E-state index contributed by atoms with van der Waals surface area (Å²) in [7, 11) is 1.46. The number of nitrogens with zero attached hydrogens (tertiary/aromatic N) is 3. The van der Waals surface area contributed by atoms with Gasteiger partial charge in [-0.3, -0.25) is 10.2 Å². The van der Waals surface area contributed by atoms with E-state index in [1.165, 1.54) is 24.2 Å². The first-order valence-electron chi connectivity index (χ1n) is 7.60. The van der Waals surface area contributed by atoms with Gasteiger partial charge in [0.25, 0.3) is 5.56 Å². The van der Waals surface area contributed by atoms with E-state index in [1.807, 2.05) is 6.07 Å². The van der Waals surface area contributed by atoms with E-state index >= 15 is 0 Å². The second-order valence-electron chi connectivity index (χ2n) is 5.19. The first-order valence-corrected chi connectivity index (χ1v) is 7.98. The molecule has 0 bridgehead atoms. The van der Waals surface area contributed by atoms with E-state index in [-0.39, 0.29) is 16.5 Å². The first kappa shape index (κ1) is 17.5. The second-order valence-corrected chi connectivity index (χ2v) is 5.57. The Morgan fingerprint density at radius 1 is 1.23 bits per heavy atom. The summed E-state index contributed by atoms with van der Waals surface area (Å²) in [4.78, 5) is 12.4. The summed E-state index contributed by atoms with van der Waals surface area (Å²) in [5, 5.41) is 18.0. The monoisotopic (exact) mass is 370 g/mol. The zero-order valence-corrected chi connectivity index (χ0v) is 14.5. The Morgan fingerprint density at radius 2 is 2.00 bits per heavy atom. The van der Waals surface area contributed by atoms with E-state index in [0.717, 1.165) is 0 Å². The van der Waals surface area contributed by atoms with Crippen LogP contribution < -0.4 is 15.7 Å². The highest BCUT2D eigenvalue weighted by Gasteiger charge is 2.10. The predicted molar refractivity (Wildman–Crippen MR) is 101 cm³/mol. The maximum Gasteiger partial charge on any atom is 0.292 e. The fourth-order valence-corrected chi connectivity index (χ4v) is 2.41. The smallest absolute Gasteiger partial charge is 0.292 e. The Kier molecular flexibility index (Phi) is 5.19. The van der Waals surface area contributed by atoms with Crippen molar-refractivity contribution in [2.45, 2.75) is 0 Å². The Hall–Kier alpha value is -3.32. The highest BCUT2D eigenvalue weighted by molar-refractivity contribution is 6.32. The maximum absolute atomic E-state index is 12.4. The van der Waals surface area contributed by atoms with Crippen LogP contribution in [-0.4, -0.2) is 28.2 Å². The topological polar surface area (TPSA) is 88.7 Å². The van der Waals surface area contributed by atoms with Gasteiger partial charge >= 0.3 is 0 Å². The van der Waals surface area contributed by atoms with E-state index in [4.69, 9.17) is 16.3 Å². The van der Waals surface area contributed by atoms with E-state index in [9.17, 15) is 9.90 Å². The number of rotatable bonds is 5. The Balaban J connectivity index is 1.83. The molecule has 26 heavy (non-hydrogen) atoms. The molecule has 0 radical (unpaired) electrons. The molecular formula is C18H15ClN4O3. The highest BCUT2D eigenvalue weighted by Crippen LogP contribution is 2.28. The van der Waals surface area contributed by atoms with Crippen LogP contribution in [0.15, 0.2) is 64.6 Å². The third kappa shape index (κ3) is 3.52. The van der Waals surface area contributed by atoms with Gasteiger partial charge in [-0.1, -0.05) is 35.9 Å². The fourth-order valence-electron chi connectivity index (χ4n) is 2.24. The third-order valence-corrected chi connectivity index (χ3v) is 3.92. The number of hydrogen-bond donors (Lipinski definition) is 2. The molecule has 0 fully saturated rings. The average Bonchev–Trinajstić information content (AvgIpc) is 2.67. The van der Waals surface area contributed by atoms with Gasteiger partial charge in [0.2, 0.25) is 0 Å². The van der Waals surface area contributed by atoms with Crippen molar-refractivity contribution >= 4 is 23.5 Å². The summed E-state index contributed by atoms with van der Waals surface area (Å²) < 4.78 is 6.23. The van der Waals surface area contributed by atoms with Crippen molar-refractivity contribution in [1.29, 1.82) is 0 Å². The molecule has 3 rings (SSSR count). The Labute approximate surface area is 154 Å². The summed E-state index contributed by atoms with van der Waals surface area (Å²) >= 11 is 6.13. The lowest BCUT2D eigenvalue weighted by molar-refractivity contribution is 0.373. The number of anilines is 1. The average molecular weight is 371 g/mol. The summed E-state index contributed by atoms with van der Waals surface area (Å²) in [6.07, 6.45) is 2.79. The van der Waals surface area contributed by atoms with Crippen LogP contribution in [0.1, 0.15) is 5.56 Å². The van der Waals surface area contributed by atoms with Gasteiger partial charge in [0.1, 0.15) is 10.7 Å². The summed E-state index contributed by atoms with van der Waals surface area (Å²) in [6.45, 7) is 0. The normalized spacial score (nSPS) is 10.8. The molecule has 8 heteroatoms. The molecule has 0 saturated heterocycles. The minimum atomic E-state index is -0.470. The number of aromatic nitrogens is 2. The van der Waals surface area contributed by atoms with Crippen LogP contribution in [0.5, 0.6) is 11.5 Å². The third-order valence-electron chi connectivity index (χ3n) is 3.56. The van der Waals surface area contributed by atoms with Crippen LogP contribution in [0, 0.1) is 0 Å². The lowest BCUT2D eigenvalue weighted by atomic mass is 10.2. The van der Waals surface area contributed by atoms with Gasteiger partial charge in [0, 0.05) is 5.56 Å². The molecule has 0 spiro atoms. The minimum Gasteiger partial charge on any atom is -0.504 e. The number of phenols is 1. The number of ether oxygens (including phenoxy) is 1. The van der Waals surface area contributed by atoms with Crippen molar-refractivity contribution in [2.24, 2.45) is 5.10 Å². The number of nitrogens with one attached hydrogen (secondary N) is 1. The molecule has 2 aromatic carbocycles.